The molecule has 0 radical (unpaired) electrons. The lowest BCUT2D eigenvalue weighted by atomic mass is 10.0. The Bertz CT molecular complexity index is 859. The predicted octanol–water partition coefficient (Wildman–Crippen LogP) is 3.42. The smallest absolute Gasteiger partial charge is 0.227 e. The second-order valence-corrected chi connectivity index (χ2v) is 9.40. The van der Waals surface area contributed by atoms with Gasteiger partial charge in [-0.05, 0) is 43.0 Å². The van der Waals surface area contributed by atoms with Gasteiger partial charge in [0.25, 0.3) is 0 Å². The van der Waals surface area contributed by atoms with Crippen LogP contribution in [0.3, 0.4) is 0 Å². The number of nitrogens with zero attached hydrogens (tertiary/aromatic N) is 3. The fourth-order valence-electron chi connectivity index (χ4n) is 3.66. The van der Waals surface area contributed by atoms with E-state index in [2.05, 4.69) is 23.7 Å². The van der Waals surface area contributed by atoms with Gasteiger partial charge in [0.15, 0.2) is 0 Å². The zero-order chi connectivity index (χ0) is 18.9. The maximum atomic E-state index is 13.2. The maximum absolute atomic E-state index is 13.2. The Morgan fingerprint density at radius 3 is 2.58 bits per heavy atom. The van der Waals surface area contributed by atoms with Gasteiger partial charge < -0.3 is 4.57 Å². The van der Waals surface area contributed by atoms with Gasteiger partial charge in [-0.1, -0.05) is 26.0 Å². The normalized spacial score (nSPS) is 18.7. The summed E-state index contributed by atoms with van der Waals surface area (Å²) >= 11 is 0. The molecule has 1 saturated heterocycles. The lowest BCUT2D eigenvalue weighted by Gasteiger charge is -2.25. The van der Waals surface area contributed by atoms with Crippen molar-refractivity contribution in [2.75, 3.05) is 12.8 Å². The van der Waals surface area contributed by atoms with E-state index < -0.39 is 9.84 Å². The van der Waals surface area contributed by atoms with Crippen molar-refractivity contribution in [1.29, 1.82) is 0 Å². The molecule has 1 aliphatic heterocycles. The van der Waals surface area contributed by atoms with Gasteiger partial charge in [-0.2, -0.15) is 0 Å². The molecular formula is C19H26FN3O2S. The van der Waals surface area contributed by atoms with Crippen LogP contribution in [-0.4, -0.2) is 35.7 Å². The molecule has 3 rings (SSSR count). The van der Waals surface area contributed by atoms with Crippen molar-refractivity contribution in [3.05, 3.63) is 47.5 Å². The second kappa shape index (κ2) is 7.48. The average molecular weight is 380 g/mol. The van der Waals surface area contributed by atoms with Crippen LogP contribution in [-0.2, 0) is 22.9 Å². The van der Waals surface area contributed by atoms with Crippen LogP contribution in [0.25, 0.3) is 0 Å². The zero-order valence-corrected chi connectivity index (χ0v) is 16.3. The van der Waals surface area contributed by atoms with Crippen LogP contribution in [0.5, 0.6) is 0 Å². The van der Waals surface area contributed by atoms with E-state index in [0.717, 1.165) is 30.6 Å². The standard InChI is InChI=1S/C19H26FN3O2S/c1-14(2)12-23-17(11-21-19(23)26(3,24)25)13-22-10-4-5-18(22)15-6-8-16(20)9-7-15/h6-9,11,14,18H,4-5,10,12-13H2,1-3H3/t18-/m0/s1. The van der Waals surface area contributed by atoms with E-state index >= 15 is 0 Å². The summed E-state index contributed by atoms with van der Waals surface area (Å²) < 4.78 is 39.2. The van der Waals surface area contributed by atoms with Crippen LogP contribution in [0, 0.1) is 11.7 Å². The maximum Gasteiger partial charge on any atom is 0.227 e. The van der Waals surface area contributed by atoms with E-state index in [0.29, 0.717) is 19.0 Å². The van der Waals surface area contributed by atoms with Crippen molar-refractivity contribution in [3.8, 4) is 0 Å². The number of hydrogen-bond donors (Lipinski definition) is 0. The Hall–Kier alpha value is -1.73. The van der Waals surface area contributed by atoms with Crippen LogP contribution >= 0.6 is 0 Å². The molecule has 2 heterocycles. The molecule has 0 N–H and O–H groups in total. The zero-order valence-electron chi connectivity index (χ0n) is 15.5. The predicted molar refractivity (Wildman–Crippen MR) is 99.0 cm³/mol. The molecule has 2 aromatic rings. The van der Waals surface area contributed by atoms with Crippen LogP contribution in [0.1, 0.15) is 44.0 Å². The lowest BCUT2D eigenvalue weighted by Crippen LogP contribution is -2.25. The largest absolute Gasteiger partial charge is 0.317 e. The third-order valence-corrected chi connectivity index (χ3v) is 5.75. The number of imidazole rings is 1. The third-order valence-electron chi connectivity index (χ3n) is 4.76. The van der Waals surface area contributed by atoms with Gasteiger partial charge in [0.05, 0.1) is 11.9 Å². The fourth-order valence-corrected chi connectivity index (χ4v) is 4.50. The van der Waals surface area contributed by atoms with Crippen LogP contribution in [0.4, 0.5) is 4.39 Å². The average Bonchev–Trinajstić information content (AvgIpc) is 3.15. The Kier molecular flexibility index (Phi) is 5.48. The highest BCUT2D eigenvalue weighted by molar-refractivity contribution is 7.90. The monoisotopic (exact) mass is 379 g/mol. The molecule has 7 heteroatoms. The van der Waals surface area contributed by atoms with E-state index in [4.69, 9.17) is 0 Å². The van der Waals surface area contributed by atoms with Crippen molar-refractivity contribution in [1.82, 2.24) is 14.5 Å². The molecule has 5 nitrogen and oxygen atoms in total. The van der Waals surface area contributed by atoms with Crippen molar-refractivity contribution in [2.45, 2.75) is 51.0 Å². The topological polar surface area (TPSA) is 55.2 Å². The highest BCUT2D eigenvalue weighted by Gasteiger charge is 2.28. The molecule has 1 atom stereocenters. The number of benzene rings is 1. The van der Waals surface area contributed by atoms with Crippen molar-refractivity contribution in [2.24, 2.45) is 5.92 Å². The summed E-state index contributed by atoms with van der Waals surface area (Å²) in [5, 5.41) is 0.138. The third kappa shape index (κ3) is 4.15. The first-order valence-electron chi connectivity index (χ1n) is 8.99. The molecule has 1 aliphatic rings. The minimum Gasteiger partial charge on any atom is -0.317 e. The molecule has 0 spiro atoms. The number of aromatic nitrogens is 2. The van der Waals surface area contributed by atoms with Gasteiger partial charge in [0.1, 0.15) is 5.82 Å². The number of hydrogen-bond acceptors (Lipinski definition) is 4. The molecule has 1 aromatic carbocycles. The van der Waals surface area contributed by atoms with E-state index in [1.807, 2.05) is 16.7 Å². The van der Waals surface area contributed by atoms with E-state index in [9.17, 15) is 12.8 Å². The number of likely N-dealkylation sites (tertiary alicyclic amines) is 1. The Balaban J connectivity index is 1.87. The molecule has 142 valence electrons. The van der Waals surface area contributed by atoms with Gasteiger partial charge in [-0.15, -0.1) is 0 Å². The Morgan fingerprint density at radius 2 is 1.96 bits per heavy atom. The fraction of sp³-hybridized carbons (Fsp3) is 0.526. The minimum absolute atomic E-state index is 0.138. The summed E-state index contributed by atoms with van der Waals surface area (Å²) in [6.45, 7) is 6.31. The number of rotatable bonds is 6. The first-order chi connectivity index (χ1) is 12.3. The van der Waals surface area contributed by atoms with Gasteiger partial charge in [-0.25, -0.2) is 17.8 Å². The molecular weight excluding hydrogens is 353 g/mol. The van der Waals surface area contributed by atoms with E-state index in [-0.39, 0.29) is 17.0 Å². The highest BCUT2D eigenvalue weighted by Crippen LogP contribution is 2.33. The molecule has 0 unspecified atom stereocenters. The molecule has 1 aromatic heterocycles. The molecule has 0 saturated carbocycles. The van der Waals surface area contributed by atoms with Crippen LogP contribution in [0.2, 0.25) is 0 Å². The van der Waals surface area contributed by atoms with Gasteiger partial charge >= 0.3 is 0 Å². The summed E-state index contributed by atoms with van der Waals surface area (Å²) in [7, 11) is -3.37. The minimum atomic E-state index is -3.37. The molecule has 0 bridgehead atoms. The van der Waals surface area contributed by atoms with E-state index in [1.54, 1.807) is 6.20 Å². The summed E-state index contributed by atoms with van der Waals surface area (Å²) in [6, 6.07) is 6.89. The first kappa shape index (κ1) is 19.0. The SMILES string of the molecule is CC(C)Cn1c(CN2CCC[C@H]2c2ccc(F)cc2)cnc1S(C)(=O)=O. The van der Waals surface area contributed by atoms with Crippen molar-refractivity contribution >= 4 is 9.84 Å². The Morgan fingerprint density at radius 1 is 1.27 bits per heavy atom. The Labute approximate surface area is 154 Å². The summed E-state index contributed by atoms with van der Waals surface area (Å²) in [5.74, 6) is 0.0843. The molecule has 0 amide bonds. The second-order valence-electron chi connectivity index (χ2n) is 7.49. The van der Waals surface area contributed by atoms with Gasteiger partial charge in [0, 0.05) is 25.4 Å². The van der Waals surface area contributed by atoms with Crippen molar-refractivity contribution < 1.29 is 12.8 Å². The van der Waals surface area contributed by atoms with Crippen LogP contribution < -0.4 is 0 Å². The highest BCUT2D eigenvalue weighted by atomic mass is 32.2. The molecule has 26 heavy (non-hydrogen) atoms. The number of halogens is 1. The van der Waals surface area contributed by atoms with Crippen molar-refractivity contribution in [3.63, 3.8) is 0 Å². The summed E-state index contributed by atoms with van der Waals surface area (Å²) in [5.41, 5.74) is 2.01. The van der Waals surface area contributed by atoms with Gasteiger partial charge in [-0.3, -0.25) is 4.90 Å². The number of sulfone groups is 1. The van der Waals surface area contributed by atoms with Gasteiger partial charge in [0.2, 0.25) is 15.0 Å². The summed E-state index contributed by atoms with van der Waals surface area (Å²) in [6.07, 6.45) is 4.97. The lowest BCUT2D eigenvalue weighted by molar-refractivity contribution is 0.239. The first-order valence-corrected chi connectivity index (χ1v) is 10.9. The van der Waals surface area contributed by atoms with Crippen LogP contribution in [0.15, 0.2) is 35.6 Å². The van der Waals surface area contributed by atoms with E-state index in [1.165, 1.54) is 18.4 Å². The molecule has 0 aliphatic carbocycles. The quantitative estimate of drug-likeness (QED) is 0.772. The molecule has 1 fully saturated rings. The summed E-state index contributed by atoms with van der Waals surface area (Å²) in [4.78, 5) is 6.52.